The molecule has 0 amide bonds. The largest absolute Gasteiger partial charge is 0.299 e. The van der Waals surface area contributed by atoms with Crippen molar-refractivity contribution in [3.05, 3.63) is 34.3 Å². The molecule has 1 aromatic carbocycles. The van der Waals surface area contributed by atoms with Gasteiger partial charge in [-0.25, -0.2) is 0 Å². The van der Waals surface area contributed by atoms with Crippen molar-refractivity contribution >= 4 is 23.2 Å². The van der Waals surface area contributed by atoms with Gasteiger partial charge in [-0.05, 0) is 42.5 Å². The number of carbonyl (C=O) groups excluding carboxylic acids is 2. The Morgan fingerprint density at radius 1 is 0.870 bits per heavy atom. The average Bonchev–Trinajstić information content (AvgIpc) is 2.45. The third-order valence-electron chi connectivity index (χ3n) is 4.07. The highest BCUT2D eigenvalue weighted by molar-refractivity contribution is 6.30. The first-order chi connectivity index (χ1) is 10.8. The van der Waals surface area contributed by atoms with E-state index in [0.29, 0.717) is 23.6 Å². The zero-order valence-corrected chi connectivity index (χ0v) is 15.6. The lowest BCUT2D eigenvalue weighted by Crippen LogP contribution is -2.10. The van der Waals surface area contributed by atoms with E-state index in [1.54, 1.807) is 0 Å². The number of aryl methyl sites for hydroxylation is 1. The van der Waals surface area contributed by atoms with Crippen LogP contribution in [0.5, 0.6) is 0 Å². The molecule has 0 aliphatic heterocycles. The number of hydrogen-bond acceptors (Lipinski definition) is 2. The molecule has 3 heteroatoms. The molecule has 0 fully saturated rings. The second-order valence-corrected chi connectivity index (χ2v) is 7.38. The SMILES string of the molecule is CC(C)C(=O)CCCCCc1cc(Cl)cc(CC(=O)C(C)C)c1. The molecule has 0 radical (unpaired) electrons. The summed E-state index contributed by atoms with van der Waals surface area (Å²) in [4.78, 5) is 23.5. The van der Waals surface area contributed by atoms with E-state index in [4.69, 9.17) is 11.6 Å². The van der Waals surface area contributed by atoms with Crippen molar-refractivity contribution in [2.24, 2.45) is 11.8 Å². The van der Waals surface area contributed by atoms with E-state index in [0.717, 1.165) is 31.2 Å². The van der Waals surface area contributed by atoms with E-state index in [-0.39, 0.29) is 17.6 Å². The average molecular weight is 337 g/mol. The van der Waals surface area contributed by atoms with Crippen LogP contribution >= 0.6 is 11.6 Å². The summed E-state index contributed by atoms with van der Waals surface area (Å²) < 4.78 is 0. The highest BCUT2D eigenvalue weighted by Gasteiger charge is 2.10. The molecule has 0 heterocycles. The molecule has 0 aromatic heterocycles. The lowest BCUT2D eigenvalue weighted by Gasteiger charge is -2.08. The van der Waals surface area contributed by atoms with Crippen molar-refractivity contribution in [1.82, 2.24) is 0 Å². The third kappa shape index (κ3) is 7.78. The predicted molar refractivity (Wildman–Crippen MR) is 97.0 cm³/mol. The number of hydrogen-bond donors (Lipinski definition) is 0. The van der Waals surface area contributed by atoms with E-state index in [9.17, 15) is 9.59 Å². The predicted octanol–water partition coefficient (Wildman–Crippen LogP) is 5.44. The molecule has 128 valence electrons. The fraction of sp³-hybridized carbons (Fsp3) is 0.600. The summed E-state index contributed by atoms with van der Waals surface area (Å²) in [6.45, 7) is 7.75. The highest BCUT2D eigenvalue weighted by Crippen LogP contribution is 2.19. The fourth-order valence-electron chi connectivity index (χ4n) is 2.46. The van der Waals surface area contributed by atoms with E-state index in [2.05, 4.69) is 6.07 Å². The van der Waals surface area contributed by atoms with Gasteiger partial charge in [0, 0.05) is 29.7 Å². The Bertz CT molecular complexity index is 532. The summed E-state index contributed by atoms with van der Waals surface area (Å²) in [7, 11) is 0. The Hall–Kier alpha value is -1.15. The van der Waals surface area contributed by atoms with Gasteiger partial charge in [0.05, 0.1) is 0 Å². The number of Topliss-reactive ketones (excluding diaryl/α,β-unsaturated/α-hetero) is 2. The number of ketones is 2. The van der Waals surface area contributed by atoms with E-state index < -0.39 is 0 Å². The Labute approximate surface area is 145 Å². The van der Waals surface area contributed by atoms with Gasteiger partial charge in [-0.1, -0.05) is 51.8 Å². The minimum atomic E-state index is 0.0518. The van der Waals surface area contributed by atoms with E-state index in [1.165, 1.54) is 5.56 Å². The Balaban J connectivity index is 2.46. The molecule has 2 nitrogen and oxygen atoms in total. The second-order valence-electron chi connectivity index (χ2n) is 6.95. The molecular formula is C20H29ClO2. The molecule has 1 rings (SSSR count). The maximum absolute atomic E-state index is 11.9. The number of halogens is 1. The van der Waals surface area contributed by atoms with Crippen LogP contribution in [0.4, 0.5) is 0 Å². The van der Waals surface area contributed by atoms with Crippen molar-refractivity contribution in [3.8, 4) is 0 Å². The molecule has 0 unspecified atom stereocenters. The van der Waals surface area contributed by atoms with Gasteiger partial charge in [-0.2, -0.15) is 0 Å². The monoisotopic (exact) mass is 336 g/mol. The standard InChI is InChI=1S/C20H29ClO2/c1-14(2)19(22)9-7-5-6-8-16-10-17(12-18(21)11-16)13-20(23)15(3)4/h10-12,14-15H,5-9,13H2,1-4H3. The van der Waals surface area contributed by atoms with Crippen molar-refractivity contribution in [2.45, 2.75) is 66.2 Å². The van der Waals surface area contributed by atoms with Crippen LogP contribution in [0.1, 0.15) is 64.5 Å². The summed E-state index contributed by atoms with van der Waals surface area (Å²) in [5.41, 5.74) is 2.18. The van der Waals surface area contributed by atoms with Crippen LogP contribution in [-0.4, -0.2) is 11.6 Å². The maximum Gasteiger partial charge on any atom is 0.139 e. The Kier molecular flexibility index (Phi) is 8.54. The summed E-state index contributed by atoms with van der Waals surface area (Å²) in [5, 5.41) is 0.698. The van der Waals surface area contributed by atoms with Crippen LogP contribution in [0.25, 0.3) is 0 Å². The number of carbonyl (C=O) groups is 2. The molecule has 0 atom stereocenters. The maximum atomic E-state index is 11.9. The highest BCUT2D eigenvalue weighted by atomic mass is 35.5. The van der Waals surface area contributed by atoms with Crippen molar-refractivity contribution in [3.63, 3.8) is 0 Å². The lowest BCUT2D eigenvalue weighted by molar-refractivity contribution is -0.122. The molecule has 0 saturated heterocycles. The van der Waals surface area contributed by atoms with Crippen molar-refractivity contribution in [1.29, 1.82) is 0 Å². The van der Waals surface area contributed by atoms with E-state index >= 15 is 0 Å². The number of unbranched alkanes of at least 4 members (excludes halogenated alkanes) is 2. The van der Waals surface area contributed by atoms with Gasteiger partial charge >= 0.3 is 0 Å². The van der Waals surface area contributed by atoms with Crippen LogP contribution in [-0.2, 0) is 22.4 Å². The van der Waals surface area contributed by atoms with Gasteiger partial charge < -0.3 is 0 Å². The van der Waals surface area contributed by atoms with E-state index in [1.807, 2.05) is 39.8 Å². The summed E-state index contributed by atoms with van der Waals surface area (Å²) >= 11 is 6.17. The summed E-state index contributed by atoms with van der Waals surface area (Å²) in [6, 6.07) is 5.95. The molecule has 0 aliphatic carbocycles. The van der Waals surface area contributed by atoms with Crippen LogP contribution in [0, 0.1) is 11.8 Å². The number of rotatable bonds is 10. The van der Waals surface area contributed by atoms with Gasteiger partial charge in [0.25, 0.3) is 0 Å². The molecule has 0 spiro atoms. The van der Waals surface area contributed by atoms with Gasteiger partial charge in [-0.15, -0.1) is 0 Å². The van der Waals surface area contributed by atoms with Crippen molar-refractivity contribution in [2.75, 3.05) is 0 Å². The van der Waals surface area contributed by atoms with Crippen LogP contribution in [0.15, 0.2) is 18.2 Å². The Morgan fingerprint density at radius 3 is 2.09 bits per heavy atom. The molecule has 1 aromatic rings. The minimum absolute atomic E-state index is 0.0518. The number of benzene rings is 1. The molecule has 0 bridgehead atoms. The molecule has 0 N–H and O–H groups in total. The first-order valence-electron chi connectivity index (χ1n) is 8.63. The molecule has 0 aliphatic rings. The minimum Gasteiger partial charge on any atom is -0.299 e. The van der Waals surface area contributed by atoms with Gasteiger partial charge in [-0.3, -0.25) is 9.59 Å². The van der Waals surface area contributed by atoms with Gasteiger partial charge in [0.2, 0.25) is 0 Å². The van der Waals surface area contributed by atoms with Gasteiger partial charge in [0.1, 0.15) is 11.6 Å². The zero-order valence-electron chi connectivity index (χ0n) is 14.8. The third-order valence-corrected chi connectivity index (χ3v) is 4.29. The van der Waals surface area contributed by atoms with Crippen LogP contribution < -0.4 is 0 Å². The summed E-state index contributed by atoms with van der Waals surface area (Å²) in [6.07, 6.45) is 5.12. The van der Waals surface area contributed by atoms with Crippen LogP contribution in [0.2, 0.25) is 5.02 Å². The zero-order chi connectivity index (χ0) is 17.4. The molecular weight excluding hydrogens is 308 g/mol. The normalized spacial score (nSPS) is 11.3. The lowest BCUT2D eigenvalue weighted by atomic mass is 9.97. The topological polar surface area (TPSA) is 34.1 Å². The van der Waals surface area contributed by atoms with Crippen LogP contribution in [0.3, 0.4) is 0 Å². The Morgan fingerprint density at radius 2 is 1.48 bits per heavy atom. The van der Waals surface area contributed by atoms with Gasteiger partial charge in [0.15, 0.2) is 0 Å². The summed E-state index contributed by atoms with van der Waals surface area (Å²) in [5.74, 6) is 0.785. The quantitative estimate of drug-likeness (QED) is 0.533. The smallest absolute Gasteiger partial charge is 0.139 e. The first-order valence-corrected chi connectivity index (χ1v) is 9.01. The van der Waals surface area contributed by atoms with Crippen molar-refractivity contribution < 1.29 is 9.59 Å². The molecule has 23 heavy (non-hydrogen) atoms. The second kappa shape index (κ2) is 9.87. The first kappa shape index (κ1) is 19.9. The fourth-order valence-corrected chi connectivity index (χ4v) is 2.74. The molecule has 0 saturated carbocycles.